The van der Waals surface area contributed by atoms with Crippen LogP contribution in [0.3, 0.4) is 0 Å². The Bertz CT molecular complexity index is 235. The molecule has 2 aliphatic heterocycles. The Morgan fingerprint density at radius 3 is 3.07 bits per heavy atom. The summed E-state index contributed by atoms with van der Waals surface area (Å²) in [5, 5.41) is 3.15. The van der Waals surface area contributed by atoms with Crippen molar-refractivity contribution in [2.45, 2.75) is 44.2 Å². The van der Waals surface area contributed by atoms with Gasteiger partial charge in [0.15, 0.2) is 0 Å². The third-order valence-electron chi connectivity index (χ3n) is 3.49. The van der Waals surface area contributed by atoms with Crippen LogP contribution in [0.2, 0.25) is 0 Å². The number of fused-ring (bicyclic) bond motifs is 1. The first-order valence-corrected chi connectivity index (χ1v) is 6.44. The number of amides is 1. The van der Waals surface area contributed by atoms with Gasteiger partial charge < -0.3 is 5.32 Å². The fourth-order valence-electron chi connectivity index (χ4n) is 2.76. The average Bonchev–Trinajstić information content (AvgIpc) is 2.80. The lowest BCUT2D eigenvalue weighted by atomic mass is 10.1. The summed E-state index contributed by atoms with van der Waals surface area (Å²) < 4.78 is 0. The summed E-state index contributed by atoms with van der Waals surface area (Å²) in [5.41, 5.74) is 0. The number of nitrogens with one attached hydrogen (secondary N) is 1. The van der Waals surface area contributed by atoms with E-state index < -0.39 is 0 Å². The molecule has 2 heterocycles. The Hall–Kier alpha value is -0.280. The number of hydrogen-bond acceptors (Lipinski definition) is 2. The van der Waals surface area contributed by atoms with Gasteiger partial charge in [0, 0.05) is 30.9 Å². The minimum atomic E-state index is 0.175. The number of halogens is 1. The van der Waals surface area contributed by atoms with E-state index in [-0.39, 0.29) is 5.91 Å². The molecule has 15 heavy (non-hydrogen) atoms. The number of alkyl halides is 1. The van der Waals surface area contributed by atoms with Crippen LogP contribution in [0.1, 0.15) is 32.1 Å². The van der Waals surface area contributed by atoms with Gasteiger partial charge in [-0.1, -0.05) is 0 Å². The Balaban J connectivity index is 1.77. The Labute approximate surface area is 96.2 Å². The molecule has 2 unspecified atom stereocenters. The van der Waals surface area contributed by atoms with Crippen LogP contribution in [0.25, 0.3) is 0 Å². The van der Waals surface area contributed by atoms with Gasteiger partial charge in [-0.15, -0.1) is 11.6 Å². The molecule has 2 fully saturated rings. The van der Waals surface area contributed by atoms with E-state index in [0.29, 0.717) is 24.4 Å². The lowest BCUT2D eigenvalue weighted by Gasteiger charge is -2.21. The SMILES string of the molecule is O=C(CCCCl)NC1CCN2CCCC12. The fraction of sp³-hybridized carbons (Fsp3) is 0.909. The van der Waals surface area contributed by atoms with Gasteiger partial charge in [0.05, 0.1) is 0 Å². The minimum absolute atomic E-state index is 0.175. The first-order chi connectivity index (χ1) is 7.31. The van der Waals surface area contributed by atoms with Gasteiger partial charge in [-0.05, 0) is 32.2 Å². The molecule has 0 radical (unpaired) electrons. The van der Waals surface area contributed by atoms with Crippen LogP contribution in [0.5, 0.6) is 0 Å². The van der Waals surface area contributed by atoms with Gasteiger partial charge in [0.25, 0.3) is 0 Å². The van der Waals surface area contributed by atoms with Gasteiger partial charge in [0.2, 0.25) is 5.91 Å². The molecule has 2 rings (SSSR count). The molecule has 2 aliphatic rings. The van der Waals surface area contributed by atoms with Crippen molar-refractivity contribution in [3.05, 3.63) is 0 Å². The van der Waals surface area contributed by atoms with Crippen LogP contribution >= 0.6 is 11.6 Å². The summed E-state index contributed by atoms with van der Waals surface area (Å²) >= 11 is 5.56. The van der Waals surface area contributed by atoms with Crippen LogP contribution in [-0.4, -0.2) is 41.9 Å². The van der Waals surface area contributed by atoms with Gasteiger partial charge in [-0.3, -0.25) is 9.69 Å². The van der Waals surface area contributed by atoms with Gasteiger partial charge in [-0.25, -0.2) is 0 Å². The van der Waals surface area contributed by atoms with Gasteiger partial charge in [0.1, 0.15) is 0 Å². The highest BCUT2D eigenvalue weighted by atomic mass is 35.5. The van der Waals surface area contributed by atoms with Crippen molar-refractivity contribution in [3.63, 3.8) is 0 Å². The monoisotopic (exact) mass is 230 g/mol. The standard InChI is InChI=1S/C11H19ClN2O/c12-6-1-4-11(15)13-9-5-8-14-7-2-3-10(9)14/h9-10H,1-8H2,(H,13,15). The zero-order valence-corrected chi connectivity index (χ0v) is 9.80. The predicted octanol–water partition coefficient (Wildman–Crippen LogP) is 1.36. The quantitative estimate of drug-likeness (QED) is 0.740. The molecule has 86 valence electrons. The molecule has 1 N–H and O–H groups in total. The second-order valence-corrected chi connectivity index (χ2v) is 4.88. The van der Waals surface area contributed by atoms with E-state index in [1.54, 1.807) is 0 Å². The van der Waals surface area contributed by atoms with Crippen LogP contribution in [0, 0.1) is 0 Å². The molecule has 3 nitrogen and oxygen atoms in total. The van der Waals surface area contributed by atoms with E-state index >= 15 is 0 Å². The maximum absolute atomic E-state index is 11.6. The average molecular weight is 231 g/mol. The van der Waals surface area contributed by atoms with E-state index in [0.717, 1.165) is 19.4 Å². The fourth-order valence-corrected chi connectivity index (χ4v) is 2.89. The third kappa shape index (κ3) is 2.64. The first kappa shape index (κ1) is 11.2. The van der Waals surface area contributed by atoms with Crippen molar-refractivity contribution in [3.8, 4) is 0 Å². The molecule has 1 amide bonds. The van der Waals surface area contributed by atoms with E-state index in [9.17, 15) is 4.79 Å². The summed E-state index contributed by atoms with van der Waals surface area (Å²) in [6, 6.07) is 1.01. The number of carbonyl (C=O) groups excluding carboxylic acids is 1. The number of nitrogens with zero attached hydrogens (tertiary/aromatic N) is 1. The molecular weight excluding hydrogens is 212 g/mol. The van der Waals surface area contributed by atoms with Crippen molar-refractivity contribution in [2.24, 2.45) is 0 Å². The smallest absolute Gasteiger partial charge is 0.220 e. The second kappa shape index (κ2) is 5.17. The molecule has 0 aromatic heterocycles. The maximum Gasteiger partial charge on any atom is 0.220 e. The summed E-state index contributed by atoms with van der Waals surface area (Å²) in [4.78, 5) is 14.1. The molecule has 0 saturated carbocycles. The van der Waals surface area contributed by atoms with Crippen molar-refractivity contribution in [2.75, 3.05) is 19.0 Å². The third-order valence-corrected chi connectivity index (χ3v) is 3.76. The van der Waals surface area contributed by atoms with Gasteiger partial charge >= 0.3 is 0 Å². The summed E-state index contributed by atoms with van der Waals surface area (Å²) in [6.07, 6.45) is 5.03. The lowest BCUT2D eigenvalue weighted by Crippen LogP contribution is -2.42. The van der Waals surface area contributed by atoms with E-state index in [1.165, 1.54) is 19.4 Å². The highest BCUT2D eigenvalue weighted by molar-refractivity contribution is 6.17. The van der Waals surface area contributed by atoms with Crippen LogP contribution < -0.4 is 5.32 Å². The molecule has 0 spiro atoms. The van der Waals surface area contributed by atoms with Crippen LogP contribution in [0.15, 0.2) is 0 Å². The zero-order valence-electron chi connectivity index (χ0n) is 9.04. The van der Waals surface area contributed by atoms with Crippen molar-refractivity contribution in [1.82, 2.24) is 10.2 Å². The molecular formula is C11H19ClN2O. The minimum Gasteiger partial charge on any atom is -0.352 e. The molecule has 0 bridgehead atoms. The maximum atomic E-state index is 11.6. The lowest BCUT2D eigenvalue weighted by molar-refractivity contribution is -0.121. The number of rotatable bonds is 4. The van der Waals surface area contributed by atoms with Crippen LogP contribution in [-0.2, 0) is 4.79 Å². The van der Waals surface area contributed by atoms with E-state index in [2.05, 4.69) is 10.2 Å². The van der Waals surface area contributed by atoms with Crippen molar-refractivity contribution in [1.29, 1.82) is 0 Å². The summed E-state index contributed by atoms with van der Waals surface area (Å²) in [5.74, 6) is 0.752. The van der Waals surface area contributed by atoms with Gasteiger partial charge in [-0.2, -0.15) is 0 Å². The van der Waals surface area contributed by atoms with Crippen molar-refractivity contribution < 1.29 is 4.79 Å². The topological polar surface area (TPSA) is 32.3 Å². The largest absolute Gasteiger partial charge is 0.352 e. The van der Waals surface area contributed by atoms with E-state index in [1.807, 2.05) is 0 Å². The number of carbonyl (C=O) groups is 1. The molecule has 2 saturated heterocycles. The normalized spacial score (nSPS) is 30.5. The first-order valence-electron chi connectivity index (χ1n) is 5.90. The summed E-state index contributed by atoms with van der Waals surface area (Å²) in [6.45, 7) is 2.38. The second-order valence-electron chi connectivity index (χ2n) is 4.50. The van der Waals surface area contributed by atoms with Crippen LogP contribution in [0.4, 0.5) is 0 Å². The zero-order chi connectivity index (χ0) is 10.7. The Morgan fingerprint density at radius 2 is 2.27 bits per heavy atom. The molecule has 2 atom stereocenters. The molecule has 0 aliphatic carbocycles. The van der Waals surface area contributed by atoms with E-state index in [4.69, 9.17) is 11.6 Å². The number of hydrogen-bond donors (Lipinski definition) is 1. The highest BCUT2D eigenvalue weighted by Crippen LogP contribution is 2.27. The molecule has 0 aromatic carbocycles. The molecule has 0 aromatic rings. The Kier molecular flexibility index (Phi) is 3.87. The predicted molar refractivity (Wildman–Crippen MR) is 61.1 cm³/mol. The molecule has 4 heteroatoms. The highest BCUT2D eigenvalue weighted by Gasteiger charge is 2.37. The van der Waals surface area contributed by atoms with Crippen molar-refractivity contribution >= 4 is 17.5 Å². The summed E-state index contributed by atoms with van der Waals surface area (Å²) in [7, 11) is 0. The Morgan fingerprint density at radius 1 is 1.40 bits per heavy atom.